The van der Waals surface area contributed by atoms with Crippen LogP contribution in [0.15, 0.2) is 4.52 Å². The van der Waals surface area contributed by atoms with Gasteiger partial charge in [0.05, 0.1) is 12.6 Å². The maximum absolute atomic E-state index is 5.65. The van der Waals surface area contributed by atoms with Gasteiger partial charge in [-0.05, 0) is 26.2 Å². The molecule has 3 rings (SSSR count). The van der Waals surface area contributed by atoms with E-state index >= 15 is 0 Å². The topological polar surface area (TPSA) is 51.4 Å². The van der Waals surface area contributed by atoms with Crippen LogP contribution in [0, 0.1) is 0 Å². The van der Waals surface area contributed by atoms with Gasteiger partial charge in [0.25, 0.3) is 0 Å². The van der Waals surface area contributed by atoms with E-state index in [0.29, 0.717) is 12.0 Å². The van der Waals surface area contributed by atoms with Gasteiger partial charge in [0.1, 0.15) is 0 Å². The van der Waals surface area contributed by atoms with Crippen LogP contribution in [-0.4, -0.2) is 40.8 Å². The van der Waals surface area contributed by atoms with Crippen LogP contribution in [0.4, 0.5) is 0 Å². The minimum Gasteiger partial charge on any atom is -0.377 e. The van der Waals surface area contributed by atoms with E-state index in [4.69, 9.17) is 9.26 Å². The van der Waals surface area contributed by atoms with Gasteiger partial charge in [0, 0.05) is 25.6 Å². The minimum atomic E-state index is 0.295. The molecular weight excluding hydrogens is 242 g/mol. The second-order valence-electron chi connectivity index (χ2n) is 5.80. The zero-order valence-electron chi connectivity index (χ0n) is 11.7. The molecule has 0 aromatic carbocycles. The fourth-order valence-electron chi connectivity index (χ4n) is 3.09. The molecule has 106 valence electrons. The van der Waals surface area contributed by atoms with Crippen molar-refractivity contribution in [2.45, 2.75) is 57.6 Å². The molecule has 1 aliphatic heterocycles. The van der Waals surface area contributed by atoms with Crippen molar-refractivity contribution in [2.75, 3.05) is 19.7 Å². The Kier molecular flexibility index (Phi) is 4.13. The standard InChI is InChI=1S/C14H23N3O2/c1-11-9-17(7-4-8-18-11)10-13-15-14(19-16-13)12-5-2-3-6-12/h11-12H,2-10H2,1H3. The predicted molar refractivity (Wildman–Crippen MR) is 70.8 cm³/mol. The molecule has 1 aromatic heterocycles. The molecule has 0 spiro atoms. The fourth-order valence-corrected chi connectivity index (χ4v) is 3.09. The third kappa shape index (κ3) is 3.34. The van der Waals surface area contributed by atoms with Gasteiger partial charge >= 0.3 is 0 Å². The zero-order valence-corrected chi connectivity index (χ0v) is 11.7. The second kappa shape index (κ2) is 6.01. The summed E-state index contributed by atoms with van der Waals surface area (Å²) in [7, 11) is 0. The number of nitrogens with zero attached hydrogens (tertiary/aromatic N) is 3. The Morgan fingerprint density at radius 3 is 2.95 bits per heavy atom. The van der Waals surface area contributed by atoms with E-state index in [1.165, 1.54) is 25.7 Å². The first kappa shape index (κ1) is 13.1. The summed E-state index contributed by atoms with van der Waals surface area (Å²) >= 11 is 0. The molecule has 0 amide bonds. The summed E-state index contributed by atoms with van der Waals surface area (Å²) in [5.41, 5.74) is 0. The van der Waals surface area contributed by atoms with Crippen LogP contribution >= 0.6 is 0 Å². The largest absolute Gasteiger partial charge is 0.377 e. The van der Waals surface area contributed by atoms with Crippen molar-refractivity contribution in [2.24, 2.45) is 0 Å². The van der Waals surface area contributed by atoms with Gasteiger partial charge in [-0.15, -0.1) is 0 Å². The van der Waals surface area contributed by atoms with Crippen molar-refractivity contribution in [3.63, 3.8) is 0 Å². The van der Waals surface area contributed by atoms with Gasteiger partial charge in [-0.3, -0.25) is 4.90 Å². The molecule has 1 saturated carbocycles. The Labute approximate surface area is 114 Å². The number of hydrogen-bond acceptors (Lipinski definition) is 5. The zero-order chi connectivity index (χ0) is 13.1. The number of rotatable bonds is 3. The lowest BCUT2D eigenvalue weighted by atomic mass is 10.1. The molecule has 2 aliphatic rings. The molecule has 1 atom stereocenters. The van der Waals surface area contributed by atoms with Crippen molar-refractivity contribution < 1.29 is 9.26 Å². The maximum atomic E-state index is 5.65. The first-order valence-corrected chi connectivity index (χ1v) is 7.47. The van der Waals surface area contributed by atoms with E-state index < -0.39 is 0 Å². The average molecular weight is 265 g/mol. The SMILES string of the molecule is CC1CN(Cc2noc(C3CCCC3)n2)CCCO1. The van der Waals surface area contributed by atoms with Gasteiger partial charge < -0.3 is 9.26 Å². The summed E-state index contributed by atoms with van der Waals surface area (Å²) in [4.78, 5) is 6.94. The van der Waals surface area contributed by atoms with Crippen molar-refractivity contribution >= 4 is 0 Å². The Bertz CT molecular complexity index is 401. The van der Waals surface area contributed by atoms with E-state index in [0.717, 1.165) is 44.4 Å². The number of aromatic nitrogens is 2. The summed E-state index contributed by atoms with van der Waals surface area (Å²) in [6, 6.07) is 0. The first-order chi connectivity index (χ1) is 9.31. The molecule has 1 saturated heterocycles. The van der Waals surface area contributed by atoms with E-state index in [2.05, 4.69) is 22.0 Å². The lowest BCUT2D eigenvalue weighted by Gasteiger charge is -2.19. The monoisotopic (exact) mass is 265 g/mol. The molecular formula is C14H23N3O2. The summed E-state index contributed by atoms with van der Waals surface area (Å²) in [5.74, 6) is 2.19. The second-order valence-corrected chi connectivity index (χ2v) is 5.80. The molecule has 5 heteroatoms. The molecule has 1 aromatic rings. The lowest BCUT2D eigenvalue weighted by molar-refractivity contribution is 0.0663. The Morgan fingerprint density at radius 1 is 1.26 bits per heavy atom. The van der Waals surface area contributed by atoms with Crippen LogP contribution < -0.4 is 0 Å². The Balaban J connectivity index is 1.59. The molecule has 0 radical (unpaired) electrons. The molecule has 5 nitrogen and oxygen atoms in total. The summed E-state index contributed by atoms with van der Waals surface area (Å²) < 4.78 is 11.1. The average Bonchev–Trinajstić information content (AvgIpc) is 3.01. The van der Waals surface area contributed by atoms with Gasteiger partial charge in [-0.25, -0.2) is 0 Å². The first-order valence-electron chi connectivity index (χ1n) is 7.47. The molecule has 0 N–H and O–H groups in total. The summed E-state index contributed by atoms with van der Waals surface area (Å²) in [5, 5.41) is 4.14. The van der Waals surface area contributed by atoms with Crippen LogP contribution in [0.3, 0.4) is 0 Å². The van der Waals surface area contributed by atoms with Gasteiger partial charge in [0.15, 0.2) is 5.82 Å². The van der Waals surface area contributed by atoms with Crippen molar-refractivity contribution in [1.82, 2.24) is 15.0 Å². The number of ether oxygens (including phenoxy) is 1. The van der Waals surface area contributed by atoms with E-state index in [9.17, 15) is 0 Å². The highest BCUT2D eigenvalue weighted by Gasteiger charge is 2.24. The minimum absolute atomic E-state index is 0.295. The highest BCUT2D eigenvalue weighted by atomic mass is 16.5. The molecule has 0 bridgehead atoms. The maximum Gasteiger partial charge on any atom is 0.229 e. The normalized spacial score (nSPS) is 26.7. The lowest BCUT2D eigenvalue weighted by Crippen LogP contribution is -2.30. The van der Waals surface area contributed by atoms with Crippen molar-refractivity contribution in [3.05, 3.63) is 11.7 Å². The molecule has 2 heterocycles. The van der Waals surface area contributed by atoms with Crippen LogP contribution in [0.5, 0.6) is 0 Å². The molecule has 2 fully saturated rings. The fraction of sp³-hybridized carbons (Fsp3) is 0.857. The number of hydrogen-bond donors (Lipinski definition) is 0. The summed E-state index contributed by atoms with van der Waals surface area (Å²) in [6.45, 7) is 5.77. The Morgan fingerprint density at radius 2 is 2.11 bits per heavy atom. The van der Waals surface area contributed by atoms with Crippen LogP contribution in [-0.2, 0) is 11.3 Å². The van der Waals surface area contributed by atoms with E-state index in [-0.39, 0.29) is 0 Å². The molecule has 1 unspecified atom stereocenters. The van der Waals surface area contributed by atoms with Gasteiger partial charge in [0.2, 0.25) is 5.89 Å². The van der Waals surface area contributed by atoms with Gasteiger partial charge in [-0.2, -0.15) is 4.98 Å². The third-order valence-corrected chi connectivity index (χ3v) is 4.09. The van der Waals surface area contributed by atoms with Crippen LogP contribution in [0.25, 0.3) is 0 Å². The van der Waals surface area contributed by atoms with Crippen molar-refractivity contribution in [3.8, 4) is 0 Å². The third-order valence-electron chi connectivity index (χ3n) is 4.09. The predicted octanol–water partition coefficient (Wildman–Crippen LogP) is 2.34. The Hall–Kier alpha value is -0.940. The quantitative estimate of drug-likeness (QED) is 0.839. The van der Waals surface area contributed by atoms with Crippen molar-refractivity contribution in [1.29, 1.82) is 0 Å². The van der Waals surface area contributed by atoms with E-state index in [1.54, 1.807) is 0 Å². The smallest absolute Gasteiger partial charge is 0.229 e. The van der Waals surface area contributed by atoms with Crippen LogP contribution in [0.2, 0.25) is 0 Å². The summed E-state index contributed by atoms with van der Waals surface area (Å²) in [6.07, 6.45) is 6.38. The molecule has 1 aliphatic carbocycles. The van der Waals surface area contributed by atoms with E-state index in [1.807, 2.05) is 0 Å². The van der Waals surface area contributed by atoms with Gasteiger partial charge in [-0.1, -0.05) is 18.0 Å². The molecule has 19 heavy (non-hydrogen) atoms. The highest BCUT2D eigenvalue weighted by molar-refractivity contribution is 4.96. The van der Waals surface area contributed by atoms with Crippen LogP contribution in [0.1, 0.15) is 56.7 Å². The highest BCUT2D eigenvalue weighted by Crippen LogP contribution is 2.32.